The van der Waals surface area contributed by atoms with Gasteiger partial charge >= 0.3 is 0 Å². The minimum Gasteiger partial charge on any atom is -0.493 e. The van der Waals surface area contributed by atoms with Gasteiger partial charge in [-0.1, -0.05) is 17.7 Å². The number of aromatic amines is 1. The van der Waals surface area contributed by atoms with Gasteiger partial charge in [0.05, 0.1) is 25.3 Å². The van der Waals surface area contributed by atoms with Crippen molar-refractivity contribution >= 4 is 17.5 Å². The third-order valence-corrected chi connectivity index (χ3v) is 4.40. The number of hydrogen-bond acceptors (Lipinski definition) is 3. The summed E-state index contributed by atoms with van der Waals surface area (Å²) in [4.78, 5) is 17.5. The van der Waals surface area contributed by atoms with E-state index >= 15 is 0 Å². The molecule has 1 aromatic carbocycles. The molecular formula is C17H19ClN2O3. The fourth-order valence-electron chi connectivity index (χ4n) is 3.06. The van der Waals surface area contributed by atoms with E-state index in [1.54, 1.807) is 26.5 Å². The minimum absolute atomic E-state index is 0.0318. The molecule has 0 radical (unpaired) electrons. The second-order valence-electron chi connectivity index (χ2n) is 5.50. The third-order valence-electron chi connectivity index (χ3n) is 4.18. The van der Waals surface area contributed by atoms with Gasteiger partial charge in [0.25, 0.3) is 5.91 Å². The van der Waals surface area contributed by atoms with Crippen LogP contribution in [0.4, 0.5) is 0 Å². The standard InChI is InChI=1S/C17H19ClN2O3/c1-22-15-6-5-11(8-16(15)23-2)14-4-3-7-20(14)17(21)13-9-12(18)10-19-13/h5-6,8-10,14,19H,3-4,7H2,1-2H3/t14-/m0/s1. The molecule has 122 valence electrons. The number of hydrogen-bond donors (Lipinski definition) is 1. The molecular weight excluding hydrogens is 316 g/mol. The van der Waals surface area contributed by atoms with Crippen molar-refractivity contribution in [2.45, 2.75) is 18.9 Å². The topological polar surface area (TPSA) is 54.6 Å². The lowest BCUT2D eigenvalue weighted by Crippen LogP contribution is -2.30. The molecule has 0 bridgehead atoms. The Kier molecular flexibility index (Phi) is 4.48. The van der Waals surface area contributed by atoms with Crippen LogP contribution < -0.4 is 9.47 Å². The molecule has 1 aromatic heterocycles. The highest BCUT2D eigenvalue weighted by molar-refractivity contribution is 6.30. The van der Waals surface area contributed by atoms with Crippen LogP contribution in [0.1, 0.15) is 34.9 Å². The summed E-state index contributed by atoms with van der Waals surface area (Å²) in [7, 11) is 3.22. The van der Waals surface area contributed by atoms with Crippen LogP contribution in [0.2, 0.25) is 5.02 Å². The van der Waals surface area contributed by atoms with Crippen LogP contribution in [0.25, 0.3) is 0 Å². The van der Waals surface area contributed by atoms with Crippen molar-refractivity contribution in [1.82, 2.24) is 9.88 Å². The van der Waals surface area contributed by atoms with Crippen LogP contribution in [0, 0.1) is 0 Å². The summed E-state index contributed by atoms with van der Waals surface area (Å²) >= 11 is 5.91. The van der Waals surface area contributed by atoms with E-state index in [0.29, 0.717) is 22.2 Å². The average Bonchev–Trinajstić information content (AvgIpc) is 3.22. The van der Waals surface area contributed by atoms with Crippen molar-refractivity contribution in [2.75, 3.05) is 20.8 Å². The largest absolute Gasteiger partial charge is 0.493 e. The van der Waals surface area contributed by atoms with Gasteiger partial charge in [-0.25, -0.2) is 0 Å². The number of ether oxygens (including phenoxy) is 2. The van der Waals surface area contributed by atoms with Crippen LogP contribution in [-0.4, -0.2) is 36.6 Å². The van der Waals surface area contributed by atoms with E-state index < -0.39 is 0 Å². The summed E-state index contributed by atoms with van der Waals surface area (Å²) in [6, 6.07) is 7.49. The fraction of sp³-hybridized carbons (Fsp3) is 0.353. The second kappa shape index (κ2) is 6.54. The van der Waals surface area contributed by atoms with Gasteiger partial charge in [-0.2, -0.15) is 0 Å². The molecule has 1 saturated heterocycles. The Morgan fingerprint density at radius 2 is 2.04 bits per heavy atom. The first kappa shape index (κ1) is 15.7. The number of amides is 1. The van der Waals surface area contributed by atoms with E-state index in [1.807, 2.05) is 23.1 Å². The summed E-state index contributed by atoms with van der Waals surface area (Å²) in [6.07, 6.45) is 3.52. The van der Waals surface area contributed by atoms with Crippen molar-refractivity contribution in [3.05, 3.63) is 46.7 Å². The molecule has 0 unspecified atom stereocenters. The number of methoxy groups -OCH3 is 2. The number of nitrogens with zero attached hydrogens (tertiary/aromatic N) is 1. The van der Waals surface area contributed by atoms with Gasteiger partial charge in [-0.05, 0) is 36.6 Å². The number of aromatic nitrogens is 1. The van der Waals surface area contributed by atoms with Crippen molar-refractivity contribution in [1.29, 1.82) is 0 Å². The van der Waals surface area contributed by atoms with Gasteiger partial charge in [0.2, 0.25) is 0 Å². The molecule has 1 aliphatic heterocycles. The van der Waals surface area contributed by atoms with Crippen molar-refractivity contribution in [3.8, 4) is 11.5 Å². The smallest absolute Gasteiger partial charge is 0.270 e. The number of rotatable bonds is 4. The minimum atomic E-state index is -0.0332. The second-order valence-corrected chi connectivity index (χ2v) is 5.94. The Morgan fingerprint density at radius 3 is 2.70 bits per heavy atom. The van der Waals surface area contributed by atoms with Crippen LogP contribution in [-0.2, 0) is 0 Å². The van der Waals surface area contributed by atoms with Crippen LogP contribution in [0.3, 0.4) is 0 Å². The van der Waals surface area contributed by atoms with E-state index in [-0.39, 0.29) is 11.9 Å². The Balaban J connectivity index is 1.88. The van der Waals surface area contributed by atoms with E-state index in [4.69, 9.17) is 21.1 Å². The number of halogens is 1. The van der Waals surface area contributed by atoms with E-state index in [0.717, 1.165) is 24.9 Å². The molecule has 0 saturated carbocycles. The number of carbonyl (C=O) groups excluding carboxylic acids is 1. The summed E-state index contributed by atoms with van der Waals surface area (Å²) in [5, 5.41) is 0.537. The Labute approximate surface area is 140 Å². The van der Waals surface area contributed by atoms with E-state index in [2.05, 4.69) is 4.98 Å². The summed E-state index contributed by atoms with van der Waals surface area (Å²) in [5.41, 5.74) is 1.56. The monoisotopic (exact) mass is 334 g/mol. The normalized spacial score (nSPS) is 17.3. The van der Waals surface area contributed by atoms with Crippen LogP contribution in [0.15, 0.2) is 30.5 Å². The summed E-state index contributed by atoms with van der Waals surface area (Å²) in [6.45, 7) is 0.731. The zero-order chi connectivity index (χ0) is 16.4. The highest BCUT2D eigenvalue weighted by Gasteiger charge is 2.31. The molecule has 2 heterocycles. The maximum Gasteiger partial charge on any atom is 0.270 e. The lowest BCUT2D eigenvalue weighted by Gasteiger charge is -2.25. The van der Waals surface area contributed by atoms with Gasteiger partial charge in [0.1, 0.15) is 5.69 Å². The highest BCUT2D eigenvalue weighted by atomic mass is 35.5. The zero-order valence-electron chi connectivity index (χ0n) is 13.1. The molecule has 1 fully saturated rings. The first-order chi connectivity index (χ1) is 11.1. The molecule has 1 aliphatic rings. The Morgan fingerprint density at radius 1 is 1.26 bits per heavy atom. The molecule has 6 heteroatoms. The van der Waals surface area contributed by atoms with E-state index in [1.165, 1.54) is 0 Å². The fourth-order valence-corrected chi connectivity index (χ4v) is 3.23. The lowest BCUT2D eigenvalue weighted by molar-refractivity contribution is 0.0730. The Bertz CT molecular complexity index is 714. The first-order valence-corrected chi connectivity index (χ1v) is 7.88. The summed E-state index contributed by atoms with van der Waals surface area (Å²) in [5.74, 6) is 1.32. The predicted octanol–water partition coefficient (Wildman–Crippen LogP) is 3.66. The lowest BCUT2D eigenvalue weighted by atomic mass is 10.0. The molecule has 1 N–H and O–H groups in total. The highest BCUT2D eigenvalue weighted by Crippen LogP contribution is 2.37. The zero-order valence-corrected chi connectivity index (χ0v) is 13.9. The van der Waals surface area contributed by atoms with Gasteiger partial charge in [0.15, 0.2) is 11.5 Å². The van der Waals surface area contributed by atoms with Crippen LogP contribution in [0.5, 0.6) is 11.5 Å². The average molecular weight is 335 g/mol. The summed E-state index contributed by atoms with van der Waals surface area (Å²) < 4.78 is 10.6. The van der Waals surface area contributed by atoms with Crippen molar-refractivity contribution in [3.63, 3.8) is 0 Å². The Hall–Kier alpha value is -2.14. The number of nitrogens with one attached hydrogen (secondary N) is 1. The van der Waals surface area contributed by atoms with Crippen molar-refractivity contribution in [2.24, 2.45) is 0 Å². The molecule has 2 aromatic rings. The number of H-pyrrole nitrogens is 1. The van der Waals surface area contributed by atoms with E-state index in [9.17, 15) is 4.79 Å². The first-order valence-electron chi connectivity index (χ1n) is 7.51. The molecule has 5 nitrogen and oxygen atoms in total. The SMILES string of the molecule is COc1ccc([C@@H]2CCCN2C(=O)c2cc(Cl)c[nH]2)cc1OC. The van der Waals surface area contributed by atoms with Gasteiger partial charge in [-0.15, -0.1) is 0 Å². The maximum atomic E-state index is 12.7. The molecule has 0 aliphatic carbocycles. The third kappa shape index (κ3) is 3.01. The molecule has 23 heavy (non-hydrogen) atoms. The molecule has 0 spiro atoms. The quantitative estimate of drug-likeness (QED) is 0.928. The van der Waals surface area contributed by atoms with Gasteiger partial charge < -0.3 is 19.4 Å². The predicted molar refractivity (Wildman–Crippen MR) is 88.4 cm³/mol. The van der Waals surface area contributed by atoms with Crippen LogP contribution >= 0.6 is 11.6 Å². The van der Waals surface area contributed by atoms with Crippen molar-refractivity contribution < 1.29 is 14.3 Å². The van der Waals surface area contributed by atoms with Gasteiger partial charge in [0, 0.05) is 12.7 Å². The molecule has 3 rings (SSSR count). The number of benzene rings is 1. The van der Waals surface area contributed by atoms with Gasteiger partial charge in [-0.3, -0.25) is 4.79 Å². The maximum absolute atomic E-state index is 12.7. The molecule has 1 atom stereocenters. The molecule has 1 amide bonds. The number of likely N-dealkylation sites (tertiary alicyclic amines) is 1. The number of carbonyl (C=O) groups is 1.